The third-order valence-corrected chi connectivity index (χ3v) is 2.59. The number of unbranched alkanes of at least 4 members (excludes halogenated alkanes) is 1. The van der Waals surface area contributed by atoms with Gasteiger partial charge in [0.1, 0.15) is 5.75 Å². The van der Waals surface area contributed by atoms with Crippen LogP contribution in [-0.2, 0) is 9.59 Å². The maximum absolute atomic E-state index is 11.6. The van der Waals surface area contributed by atoms with Crippen molar-refractivity contribution in [1.82, 2.24) is 0 Å². The second kappa shape index (κ2) is 7.41. The molecule has 0 aliphatic heterocycles. The van der Waals surface area contributed by atoms with E-state index in [-0.39, 0.29) is 12.5 Å². The first-order chi connectivity index (χ1) is 9.02. The highest BCUT2D eigenvalue weighted by atomic mass is 16.5. The van der Waals surface area contributed by atoms with Gasteiger partial charge in [0.05, 0.1) is 0 Å². The standard InChI is InChI=1S/C14H19NO4/c1-3-4-5-13(16)15-12-7-6-11(8-10(12)2)19-9-14(17)18/h6-8H,3-5,9H2,1-2H3,(H,15,16)(H,17,18). The highest BCUT2D eigenvalue weighted by Crippen LogP contribution is 2.21. The van der Waals surface area contributed by atoms with Crippen LogP contribution in [0.15, 0.2) is 18.2 Å². The molecule has 0 bridgehead atoms. The van der Waals surface area contributed by atoms with Gasteiger partial charge in [-0.15, -0.1) is 0 Å². The van der Waals surface area contributed by atoms with Crippen molar-refractivity contribution in [3.05, 3.63) is 23.8 Å². The van der Waals surface area contributed by atoms with Crippen LogP contribution in [0.4, 0.5) is 5.69 Å². The van der Waals surface area contributed by atoms with Gasteiger partial charge >= 0.3 is 5.97 Å². The Balaban J connectivity index is 2.61. The molecule has 104 valence electrons. The SMILES string of the molecule is CCCCC(=O)Nc1ccc(OCC(=O)O)cc1C. The van der Waals surface area contributed by atoms with Gasteiger partial charge in [0.2, 0.25) is 5.91 Å². The van der Waals surface area contributed by atoms with E-state index >= 15 is 0 Å². The van der Waals surface area contributed by atoms with Crippen LogP contribution in [0.1, 0.15) is 31.7 Å². The Labute approximate surface area is 112 Å². The first-order valence-electron chi connectivity index (χ1n) is 6.28. The minimum atomic E-state index is -1.02. The number of nitrogens with one attached hydrogen (secondary N) is 1. The number of hydrogen-bond acceptors (Lipinski definition) is 3. The number of hydrogen-bond donors (Lipinski definition) is 2. The lowest BCUT2D eigenvalue weighted by Crippen LogP contribution is -2.12. The van der Waals surface area contributed by atoms with Crippen LogP contribution in [0.25, 0.3) is 0 Å². The Kier molecular flexibility index (Phi) is 5.85. The van der Waals surface area contributed by atoms with Gasteiger partial charge in [0.25, 0.3) is 0 Å². The largest absolute Gasteiger partial charge is 0.482 e. The zero-order chi connectivity index (χ0) is 14.3. The van der Waals surface area contributed by atoms with Crippen LogP contribution in [0, 0.1) is 6.92 Å². The van der Waals surface area contributed by atoms with Crippen LogP contribution in [0.2, 0.25) is 0 Å². The molecule has 1 aromatic rings. The Morgan fingerprint density at radius 2 is 2.11 bits per heavy atom. The van der Waals surface area contributed by atoms with E-state index in [0.717, 1.165) is 24.1 Å². The molecular weight excluding hydrogens is 246 g/mol. The fraction of sp³-hybridized carbons (Fsp3) is 0.429. The summed E-state index contributed by atoms with van der Waals surface area (Å²) in [5, 5.41) is 11.3. The maximum Gasteiger partial charge on any atom is 0.341 e. The number of carboxylic acids is 1. The minimum absolute atomic E-state index is 0.0100. The van der Waals surface area contributed by atoms with E-state index < -0.39 is 5.97 Å². The second-order valence-electron chi connectivity index (χ2n) is 4.31. The molecule has 0 aliphatic carbocycles. The number of aryl methyl sites for hydroxylation is 1. The van der Waals surface area contributed by atoms with Crippen LogP contribution in [0.3, 0.4) is 0 Å². The lowest BCUT2D eigenvalue weighted by molar-refractivity contribution is -0.139. The van der Waals surface area contributed by atoms with Gasteiger partial charge < -0.3 is 15.2 Å². The van der Waals surface area contributed by atoms with Crippen LogP contribution in [0.5, 0.6) is 5.75 Å². The molecule has 0 atom stereocenters. The zero-order valence-electron chi connectivity index (χ0n) is 11.2. The summed E-state index contributed by atoms with van der Waals surface area (Å²) in [4.78, 5) is 22.0. The number of ether oxygens (including phenoxy) is 1. The average Bonchev–Trinajstić information content (AvgIpc) is 2.36. The van der Waals surface area contributed by atoms with Gasteiger partial charge in [0, 0.05) is 12.1 Å². The Hall–Kier alpha value is -2.04. The fourth-order valence-electron chi connectivity index (χ4n) is 1.56. The normalized spacial score (nSPS) is 10.0. The highest BCUT2D eigenvalue weighted by molar-refractivity contribution is 5.91. The number of carbonyl (C=O) groups is 2. The summed E-state index contributed by atoms with van der Waals surface area (Å²) in [6, 6.07) is 5.07. The summed E-state index contributed by atoms with van der Waals surface area (Å²) in [5.41, 5.74) is 1.57. The monoisotopic (exact) mass is 265 g/mol. The van der Waals surface area contributed by atoms with Gasteiger partial charge in [-0.3, -0.25) is 4.79 Å². The summed E-state index contributed by atoms with van der Waals surface area (Å²) in [6.45, 7) is 3.50. The molecule has 5 heteroatoms. The second-order valence-corrected chi connectivity index (χ2v) is 4.31. The van der Waals surface area contributed by atoms with Gasteiger partial charge in [-0.05, 0) is 37.1 Å². The summed E-state index contributed by atoms with van der Waals surface area (Å²) in [7, 11) is 0. The summed E-state index contributed by atoms with van der Waals surface area (Å²) < 4.78 is 5.06. The molecule has 2 N–H and O–H groups in total. The summed E-state index contributed by atoms with van der Waals surface area (Å²) >= 11 is 0. The number of amides is 1. The van der Waals surface area contributed by atoms with E-state index in [1.165, 1.54) is 0 Å². The first kappa shape index (κ1) is 15.0. The molecule has 5 nitrogen and oxygen atoms in total. The number of benzene rings is 1. The third kappa shape index (κ3) is 5.42. The van der Waals surface area contributed by atoms with Crippen LogP contribution >= 0.6 is 0 Å². The van der Waals surface area contributed by atoms with Crippen molar-refractivity contribution < 1.29 is 19.4 Å². The topological polar surface area (TPSA) is 75.6 Å². The average molecular weight is 265 g/mol. The van der Waals surface area contributed by atoms with Crippen molar-refractivity contribution in [2.24, 2.45) is 0 Å². The predicted octanol–water partition coefficient (Wildman–Crippen LogP) is 2.59. The fourth-order valence-corrected chi connectivity index (χ4v) is 1.56. The van der Waals surface area contributed by atoms with Gasteiger partial charge in [-0.2, -0.15) is 0 Å². The predicted molar refractivity (Wildman–Crippen MR) is 72.5 cm³/mol. The van der Waals surface area contributed by atoms with E-state index in [0.29, 0.717) is 12.2 Å². The summed E-state index contributed by atoms with van der Waals surface area (Å²) in [6.07, 6.45) is 2.35. The molecule has 0 fully saturated rings. The smallest absolute Gasteiger partial charge is 0.341 e. The molecule has 0 aliphatic rings. The Bertz CT molecular complexity index is 457. The molecule has 0 unspecified atom stereocenters. The van der Waals surface area contributed by atoms with Gasteiger partial charge in [-0.1, -0.05) is 13.3 Å². The molecule has 0 radical (unpaired) electrons. The van der Waals surface area contributed by atoms with Crippen molar-refractivity contribution in [1.29, 1.82) is 0 Å². The van der Waals surface area contributed by atoms with Crippen LogP contribution < -0.4 is 10.1 Å². The van der Waals surface area contributed by atoms with Crippen molar-refractivity contribution in [3.8, 4) is 5.75 Å². The minimum Gasteiger partial charge on any atom is -0.482 e. The number of anilines is 1. The zero-order valence-corrected chi connectivity index (χ0v) is 11.2. The van der Waals surface area contributed by atoms with E-state index in [1.54, 1.807) is 18.2 Å². The lowest BCUT2D eigenvalue weighted by atomic mass is 10.1. The van der Waals surface area contributed by atoms with Crippen molar-refractivity contribution >= 4 is 17.6 Å². The molecule has 1 rings (SSSR count). The van der Waals surface area contributed by atoms with Gasteiger partial charge in [-0.25, -0.2) is 4.79 Å². The molecule has 19 heavy (non-hydrogen) atoms. The number of rotatable bonds is 7. The maximum atomic E-state index is 11.6. The van der Waals surface area contributed by atoms with Crippen molar-refractivity contribution in [2.75, 3.05) is 11.9 Å². The van der Waals surface area contributed by atoms with Crippen molar-refractivity contribution in [2.45, 2.75) is 33.1 Å². The Morgan fingerprint density at radius 3 is 2.68 bits per heavy atom. The van der Waals surface area contributed by atoms with Gasteiger partial charge in [0.15, 0.2) is 6.61 Å². The van der Waals surface area contributed by atoms with Crippen molar-refractivity contribution in [3.63, 3.8) is 0 Å². The molecule has 0 heterocycles. The molecule has 0 saturated carbocycles. The van der Waals surface area contributed by atoms with Crippen LogP contribution in [-0.4, -0.2) is 23.6 Å². The summed E-state index contributed by atoms with van der Waals surface area (Å²) in [5.74, 6) is -0.551. The molecule has 0 aromatic heterocycles. The quantitative estimate of drug-likeness (QED) is 0.794. The number of carboxylic acid groups (broad SMARTS) is 1. The van der Waals surface area contributed by atoms with E-state index in [9.17, 15) is 9.59 Å². The van der Waals surface area contributed by atoms with E-state index in [1.807, 2.05) is 13.8 Å². The molecule has 1 amide bonds. The lowest BCUT2D eigenvalue weighted by Gasteiger charge is -2.10. The third-order valence-electron chi connectivity index (χ3n) is 2.59. The molecular formula is C14H19NO4. The molecule has 0 saturated heterocycles. The highest BCUT2D eigenvalue weighted by Gasteiger charge is 2.06. The number of aliphatic carboxylic acids is 1. The number of carbonyl (C=O) groups excluding carboxylic acids is 1. The molecule has 1 aromatic carbocycles. The first-order valence-corrected chi connectivity index (χ1v) is 6.28. The van der Waals surface area contributed by atoms with E-state index in [4.69, 9.17) is 9.84 Å². The Morgan fingerprint density at radius 1 is 1.37 bits per heavy atom. The van der Waals surface area contributed by atoms with E-state index in [2.05, 4.69) is 5.32 Å². The molecule has 0 spiro atoms.